The molecule has 4 N–H and O–H groups in total. The van der Waals surface area contributed by atoms with Crippen LogP contribution >= 0.6 is 23.7 Å². The number of fused-ring (bicyclic) bond motifs is 1. The lowest BCUT2D eigenvalue weighted by Gasteiger charge is -2.42. The van der Waals surface area contributed by atoms with Crippen LogP contribution in [0.3, 0.4) is 0 Å². The minimum absolute atomic E-state index is 0.101. The van der Waals surface area contributed by atoms with Gasteiger partial charge in [0.25, 0.3) is 5.91 Å². The summed E-state index contributed by atoms with van der Waals surface area (Å²) in [6, 6.07) is 11.6. The number of aliphatic hydroxyl groups is 2. The van der Waals surface area contributed by atoms with Gasteiger partial charge in [-0.3, -0.25) is 9.52 Å². The Kier molecular flexibility index (Phi) is 12.6. The quantitative estimate of drug-likeness (QED) is 0.169. The molecule has 0 saturated heterocycles. The molecular weight excluding hydrogens is 584 g/mol. The maximum Gasteiger partial charge on any atom is 0.264 e. The van der Waals surface area contributed by atoms with Crippen LogP contribution in [-0.2, 0) is 11.2 Å². The van der Waals surface area contributed by atoms with Crippen LogP contribution in [0.4, 0.5) is 5.69 Å². The maximum atomic E-state index is 12.6. The normalized spacial score (nSPS) is 21.6. The van der Waals surface area contributed by atoms with Gasteiger partial charge in [-0.05, 0) is 99.6 Å². The molecule has 1 heterocycles. The molecule has 0 bridgehead atoms. The third kappa shape index (κ3) is 8.90. The number of anilines is 1. The van der Waals surface area contributed by atoms with E-state index in [1.54, 1.807) is 13.1 Å². The first-order valence-electron chi connectivity index (χ1n) is 15.3. The summed E-state index contributed by atoms with van der Waals surface area (Å²) >= 11 is 7.42. The van der Waals surface area contributed by atoms with E-state index in [2.05, 4.69) is 58.5 Å². The van der Waals surface area contributed by atoms with E-state index in [4.69, 9.17) is 16.3 Å². The SMILES string of the molecule is CCCc1cc(Cl)ccc1C1COc2ccc(C(O)C(=O)NSNC)cc2N(CC2CCC2C(O)/C=C/CCN(C)C)C1. The van der Waals surface area contributed by atoms with Gasteiger partial charge < -0.3 is 24.7 Å². The molecule has 43 heavy (non-hydrogen) atoms. The van der Waals surface area contributed by atoms with Crippen LogP contribution in [0.5, 0.6) is 5.75 Å². The van der Waals surface area contributed by atoms with Crippen molar-refractivity contribution in [3.8, 4) is 5.75 Å². The Morgan fingerprint density at radius 3 is 2.74 bits per heavy atom. The number of hydrogen-bond donors (Lipinski definition) is 4. The summed E-state index contributed by atoms with van der Waals surface area (Å²) in [5.74, 6) is 0.834. The summed E-state index contributed by atoms with van der Waals surface area (Å²) in [4.78, 5) is 17.0. The molecule has 1 aliphatic heterocycles. The number of ether oxygens (including phenoxy) is 1. The molecule has 4 rings (SSSR count). The van der Waals surface area contributed by atoms with E-state index >= 15 is 0 Å². The summed E-state index contributed by atoms with van der Waals surface area (Å²) < 4.78 is 11.8. The molecule has 2 aromatic rings. The molecular formula is C33H47ClN4O4S. The van der Waals surface area contributed by atoms with Gasteiger partial charge in [-0.15, -0.1) is 0 Å². The summed E-state index contributed by atoms with van der Waals surface area (Å²) in [5.41, 5.74) is 3.85. The Morgan fingerprint density at radius 2 is 2.05 bits per heavy atom. The average molecular weight is 631 g/mol. The third-order valence-electron chi connectivity index (χ3n) is 8.53. The fourth-order valence-electron chi connectivity index (χ4n) is 6.07. The topological polar surface area (TPSA) is 97.3 Å². The lowest BCUT2D eigenvalue weighted by molar-refractivity contribution is -0.127. The lowest BCUT2D eigenvalue weighted by Crippen LogP contribution is -2.44. The van der Waals surface area contributed by atoms with Gasteiger partial charge in [0.05, 0.1) is 18.4 Å². The Balaban J connectivity index is 1.61. The lowest BCUT2D eigenvalue weighted by atomic mass is 9.70. The summed E-state index contributed by atoms with van der Waals surface area (Å²) in [7, 11) is 5.80. The predicted octanol–water partition coefficient (Wildman–Crippen LogP) is 5.10. The highest BCUT2D eigenvalue weighted by molar-refractivity contribution is 7.96. The van der Waals surface area contributed by atoms with Crippen LogP contribution in [0.2, 0.25) is 5.02 Å². The molecule has 2 aromatic carbocycles. The Labute approximate surface area is 266 Å². The highest BCUT2D eigenvalue weighted by Gasteiger charge is 2.38. The maximum absolute atomic E-state index is 12.6. The van der Waals surface area contributed by atoms with Crippen molar-refractivity contribution in [3.05, 3.63) is 70.3 Å². The van der Waals surface area contributed by atoms with Gasteiger partial charge in [0.2, 0.25) is 0 Å². The molecule has 2 aliphatic rings. The summed E-state index contributed by atoms with van der Waals surface area (Å²) in [6.45, 7) is 5.09. The van der Waals surface area contributed by atoms with Gasteiger partial charge in [0.15, 0.2) is 6.10 Å². The van der Waals surface area contributed by atoms with E-state index in [-0.39, 0.29) is 11.8 Å². The number of nitrogens with zero attached hydrogens (tertiary/aromatic N) is 2. The van der Waals surface area contributed by atoms with E-state index in [9.17, 15) is 15.0 Å². The van der Waals surface area contributed by atoms with Gasteiger partial charge in [-0.25, -0.2) is 4.72 Å². The Hall–Kier alpha value is -2.27. The number of rotatable bonds is 14. The zero-order valence-electron chi connectivity index (χ0n) is 25.8. The van der Waals surface area contributed by atoms with Crippen LogP contribution in [0.25, 0.3) is 0 Å². The van der Waals surface area contributed by atoms with Crippen molar-refractivity contribution >= 4 is 35.3 Å². The van der Waals surface area contributed by atoms with Crippen molar-refractivity contribution in [3.63, 3.8) is 0 Å². The number of benzene rings is 2. The molecule has 1 saturated carbocycles. The van der Waals surface area contributed by atoms with Crippen LogP contribution in [-0.4, -0.2) is 74.5 Å². The van der Waals surface area contributed by atoms with Gasteiger partial charge in [-0.1, -0.05) is 49.2 Å². The number of nitrogens with one attached hydrogen (secondary N) is 2. The third-order valence-corrected chi connectivity index (χ3v) is 9.27. The predicted molar refractivity (Wildman–Crippen MR) is 177 cm³/mol. The fraction of sp³-hybridized carbons (Fsp3) is 0.545. The standard InChI is InChI=1S/C33H47ClN4O4S/c1-5-8-22-17-26(34)12-14-27(22)25-20-38(19-24-10-13-28(24)30(39)9-6-7-16-37(3)4)29-18-23(11-15-31(29)42-21-25)32(40)33(41)36-43-35-2/h6,9,11-12,14-15,17-18,24-25,28,30,32,35,39-40H,5,7-8,10,13,16,19-21H2,1-4H3,(H,36,41)/b9-6+. The Bertz CT molecular complexity index is 1250. The number of amides is 1. The van der Waals surface area contributed by atoms with Crippen LogP contribution < -0.4 is 19.1 Å². The average Bonchev–Trinajstić information content (AvgIpc) is 3.15. The summed E-state index contributed by atoms with van der Waals surface area (Å²) in [5, 5.41) is 22.6. The van der Waals surface area contributed by atoms with Gasteiger partial charge in [0.1, 0.15) is 5.75 Å². The van der Waals surface area contributed by atoms with Crippen LogP contribution in [0.15, 0.2) is 48.6 Å². The fourth-order valence-corrected chi connectivity index (χ4v) is 6.58. The Morgan fingerprint density at radius 1 is 1.23 bits per heavy atom. The number of halogens is 1. The molecule has 1 fully saturated rings. The van der Waals surface area contributed by atoms with E-state index in [0.29, 0.717) is 24.6 Å². The van der Waals surface area contributed by atoms with E-state index in [1.165, 1.54) is 11.1 Å². The molecule has 1 aliphatic carbocycles. The van der Waals surface area contributed by atoms with Crippen molar-refractivity contribution < 1.29 is 19.7 Å². The molecule has 5 unspecified atom stereocenters. The number of carbonyl (C=O) groups is 1. The van der Waals surface area contributed by atoms with Crippen molar-refractivity contribution in [1.82, 2.24) is 14.3 Å². The molecule has 1 amide bonds. The first-order valence-corrected chi connectivity index (χ1v) is 16.5. The van der Waals surface area contributed by atoms with Crippen LogP contribution in [0, 0.1) is 11.8 Å². The minimum atomic E-state index is -1.31. The number of carbonyl (C=O) groups excluding carboxylic acids is 1. The van der Waals surface area contributed by atoms with Crippen molar-refractivity contribution in [2.75, 3.05) is 52.3 Å². The first-order chi connectivity index (χ1) is 20.7. The first kappa shape index (κ1) is 33.6. The van der Waals surface area contributed by atoms with E-state index < -0.39 is 18.1 Å². The highest BCUT2D eigenvalue weighted by Crippen LogP contribution is 2.43. The molecule has 236 valence electrons. The largest absolute Gasteiger partial charge is 0.491 e. The number of hydrogen-bond acceptors (Lipinski definition) is 8. The van der Waals surface area contributed by atoms with Gasteiger partial charge in [-0.2, -0.15) is 0 Å². The van der Waals surface area contributed by atoms with Crippen LogP contribution in [0.1, 0.15) is 61.3 Å². The second-order valence-corrected chi connectivity index (χ2v) is 13.2. The monoisotopic (exact) mass is 630 g/mol. The second-order valence-electron chi connectivity index (χ2n) is 11.9. The zero-order valence-corrected chi connectivity index (χ0v) is 27.3. The molecule has 0 aromatic heterocycles. The van der Waals surface area contributed by atoms with Gasteiger partial charge in [0, 0.05) is 42.7 Å². The number of aliphatic hydroxyl groups excluding tert-OH is 2. The highest BCUT2D eigenvalue weighted by atomic mass is 35.5. The zero-order chi connectivity index (χ0) is 30.9. The summed E-state index contributed by atoms with van der Waals surface area (Å²) in [6.07, 6.45) is 7.15. The van der Waals surface area contributed by atoms with E-state index in [1.807, 2.05) is 24.3 Å². The molecule has 10 heteroatoms. The van der Waals surface area contributed by atoms with Crippen molar-refractivity contribution in [2.45, 2.75) is 57.2 Å². The second kappa shape index (κ2) is 16.2. The van der Waals surface area contributed by atoms with Crippen molar-refractivity contribution in [1.29, 1.82) is 0 Å². The number of aryl methyl sites for hydroxylation is 1. The van der Waals surface area contributed by atoms with Gasteiger partial charge >= 0.3 is 0 Å². The molecule has 5 atom stereocenters. The molecule has 0 radical (unpaired) electrons. The van der Waals surface area contributed by atoms with E-state index in [0.717, 1.165) is 73.8 Å². The molecule has 0 spiro atoms. The molecule has 8 nitrogen and oxygen atoms in total. The minimum Gasteiger partial charge on any atom is -0.491 e. The van der Waals surface area contributed by atoms with Crippen molar-refractivity contribution in [2.24, 2.45) is 11.8 Å². The smallest absolute Gasteiger partial charge is 0.264 e.